The van der Waals surface area contributed by atoms with E-state index >= 15 is 0 Å². The Kier molecular flexibility index (Phi) is 7.36. The second-order valence-corrected chi connectivity index (χ2v) is 9.65. The van der Waals surface area contributed by atoms with E-state index in [1.54, 1.807) is 25.5 Å². The molecule has 1 unspecified atom stereocenters. The van der Waals surface area contributed by atoms with Crippen LogP contribution in [0.25, 0.3) is 0 Å². The monoisotopic (exact) mass is 565 g/mol. The third kappa shape index (κ3) is 4.87. The van der Waals surface area contributed by atoms with Crippen LogP contribution in [0.3, 0.4) is 0 Å². The minimum atomic E-state index is -0.292. The number of nitrogens with one attached hydrogen (secondary N) is 1. The van der Waals surface area contributed by atoms with Crippen LogP contribution in [0.2, 0.25) is 0 Å². The number of hydrazone groups is 1. The summed E-state index contributed by atoms with van der Waals surface area (Å²) < 4.78 is 6.77. The first-order valence-corrected chi connectivity index (χ1v) is 12.3. The number of allylic oxidation sites excluding steroid dienone is 2. The Morgan fingerprint density at radius 1 is 1.12 bits per heavy atom. The van der Waals surface area contributed by atoms with Crippen molar-refractivity contribution in [2.75, 3.05) is 18.6 Å². The molecular weight excluding hydrogens is 537 g/mol. The molecule has 3 aromatic carbocycles. The van der Waals surface area contributed by atoms with Crippen molar-refractivity contribution >= 4 is 40.4 Å². The summed E-state index contributed by atoms with van der Waals surface area (Å²) in [5.74, 6) is 0.609. The van der Waals surface area contributed by atoms with Crippen LogP contribution in [-0.4, -0.2) is 25.8 Å². The van der Waals surface area contributed by atoms with E-state index in [1.807, 2.05) is 30.3 Å². The van der Waals surface area contributed by atoms with Gasteiger partial charge in [0.2, 0.25) is 0 Å². The largest absolute Gasteiger partial charge is 0.497 e. The van der Waals surface area contributed by atoms with Crippen molar-refractivity contribution in [3.05, 3.63) is 105 Å². The minimum absolute atomic E-state index is 0.233. The minimum Gasteiger partial charge on any atom is -0.497 e. The fraction of sp³-hybridized carbons (Fsp3) is 0.214. The molecule has 5 nitrogen and oxygen atoms in total. The average molecular weight is 565 g/mol. The second-order valence-electron chi connectivity index (χ2n) is 8.40. The van der Waals surface area contributed by atoms with Crippen LogP contribution in [0.1, 0.15) is 35.3 Å². The number of amides is 1. The lowest BCUT2D eigenvalue weighted by atomic mass is 9.76. The molecule has 0 saturated carbocycles. The third-order valence-corrected chi connectivity index (χ3v) is 6.89. The number of rotatable bonds is 7. The lowest BCUT2D eigenvalue weighted by Gasteiger charge is -2.30. The van der Waals surface area contributed by atoms with E-state index in [4.69, 9.17) is 4.74 Å². The molecule has 1 atom stereocenters. The zero-order valence-corrected chi connectivity index (χ0v) is 21.7. The van der Waals surface area contributed by atoms with Gasteiger partial charge in [-0.2, -0.15) is 5.10 Å². The van der Waals surface area contributed by atoms with Crippen LogP contribution >= 0.6 is 22.6 Å². The summed E-state index contributed by atoms with van der Waals surface area (Å²) in [4.78, 5) is 14.7. The normalized spacial score (nSPS) is 18.4. The van der Waals surface area contributed by atoms with E-state index in [1.165, 1.54) is 20.4 Å². The highest BCUT2D eigenvalue weighted by Crippen LogP contribution is 2.50. The number of methoxy groups -OCH3 is 1. The molecule has 4 rings (SSSR count). The fourth-order valence-corrected chi connectivity index (χ4v) is 5.21. The number of fused-ring (bicyclic) bond motifs is 1. The standard InChI is InChI=1S/C28H28IN3O2/c1-4-32-25-14-13-23(34-3)18-24(25)28(2,19-20-9-8-12-22(29)17-20)26(32)15-16-30-31-27(33)21-10-6-5-7-11-21/h5-18H,4,19H2,1-3H3,(H,31,33)/b26-15-,30-16+. The Balaban J connectivity index is 1.69. The zero-order valence-electron chi connectivity index (χ0n) is 19.6. The Labute approximate surface area is 214 Å². The molecule has 3 aromatic rings. The van der Waals surface area contributed by atoms with Crippen LogP contribution in [0.15, 0.2) is 89.7 Å². The fourth-order valence-electron chi connectivity index (χ4n) is 4.60. The van der Waals surface area contributed by atoms with E-state index in [-0.39, 0.29) is 11.3 Å². The Morgan fingerprint density at radius 2 is 1.91 bits per heavy atom. The molecule has 34 heavy (non-hydrogen) atoms. The van der Waals surface area contributed by atoms with E-state index in [9.17, 15) is 4.79 Å². The lowest BCUT2D eigenvalue weighted by molar-refractivity contribution is 0.0955. The molecule has 0 saturated heterocycles. The van der Waals surface area contributed by atoms with E-state index in [0.29, 0.717) is 5.56 Å². The highest BCUT2D eigenvalue weighted by molar-refractivity contribution is 14.1. The predicted molar refractivity (Wildman–Crippen MR) is 147 cm³/mol. The van der Waals surface area contributed by atoms with Gasteiger partial charge in [0.25, 0.3) is 5.91 Å². The molecule has 1 aliphatic heterocycles. The summed E-state index contributed by atoms with van der Waals surface area (Å²) >= 11 is 2.36. The van der Waals surface area contributed by atoms with E-state index < -0.39 is 0 Å². The van der Waals surface area contributed by atoms with Gasteiger partial charge in [0.15, 0.2) is 0 Å². The number of hydrogen-bond donors (Lipinski definition) is 1. The van der Waals surface area contributed by atoms with Gasteiger partial charge in [-0.05, 0) is 103 Å². The summed E-state index contributed by atoms with van der Waals surface area (Å²) in [5.41, 5.74) is 7.70. The molecule has 0 aromatic heterocycles. The number of nitrogens with zero attached hydrogens (tertiary/aromatic N) is 2. The Hall–Kier alpha value is -3.13. The summed E-state index contributed by atoms with van der Waals surface area (Å²) in [5, 5.41) is 4.21. The van der Waals surface area contributed by atoms with Crippen molar-refractivity contribution < 1.29 is 9.53 Å². The molecule has 0 bridgehead atoms. The molecule has 0 aliphatic carbocycles. The lowest BCUT2D eigenvalue weighted by Crippen LogP contribution is -2.31. The molecule has 0 radical (unpaired) electrons. The van der Waals surface area contributed by atoms with Crippen molar-refractivity contribution in [1.29, 1.82) is 0 Å². The molecule has 1 N–H and O–H groups in total. The van der Waals surface area contributed by atoms with Crippen molar-refractivity contribution in [1.82, 2.24) is 5.43 Å². The van der Waals surface area contributed by atoms with Gasteiger partial charge in [0, 0.05) is 38.7 Å². The van der Waals surface area contributed by atoms with E-state index in [0.717, 1.165) is 24.4 Å². The first-order chi connectivity index (χ1) is 16.5. The average Bonchev–Trinajstić information content (AvgIpc) is 3.08. The quantitative estimate of drug-likeness (QED) is 0.219. The summed E-state index contributed by atoms with van der Waals surface area (Å²) in [6, 6.07) is 24.0. The maximum Gasteiger partial charge on any atom is 0.271 e. The van der Waals surface area contributed by atoms with Crippen LogP contribution < -0.4 is 15.1 Å². The number of ether oxygens (including phenoxy) is 1. The van der Waals surface area contributed by atoms with Crippen LogP contribution in [-0.2, 0) is 11.8 Å². The van der Waals surface area contributed by atoms with Gasteiger partial charge in [0.05, 0.1) is 7.11 Å². The number of carbonyl (C=O) groups is 1. The van der Waals surface area contributed by atoms with Gasteiger partial charge >= 0.3 is 0 Å². The second kappa shape index (κ2) is 10.4. The van der Waals surface area contributed by atoms with Crippen molar-refractivity contribution in [3.63, 3.8) is 0 Å². The highest BCUT2D eigenvalue weighted by atomic mass is 127. The molecule has 0 spiro atoms. The molecule has 6 heteroatoms. The number of benzene rings is 3. The van der Waals surface area contributed by atoms with E-state index in [2.05, 4.69) is 88.3 Å². The summed E-state index contributed by atoms with van der Waals surface area (Å²) in [7, 11) is 1.70. The summed E-state index contributed by atoms with van der Waals surface area (Å²) in [6.07, 6.45) is 4.51. The number of anilines is 1. The van der Waals surface area contributed by atoms with Gasteiger partial charge in [-0.3, -0.25) is 4.79 Å². The highest BCUT2D eigenvalue weighted by Gasteiger charge is 2.43. The first kappa shape index (κ1) is 24.0. The van der Waals surface area contributed by atoms with Gasteiger partial charge in [-0.15, -0.1) is 0 Å². The van der Waals surface area contributed by atoms with Crippen LogP contribution in [0.4, 0.5) is 5.69 Å². The zero-order chi connectivity index (χ0) is 24.1. The molecule has 0 fully saturated rings. The maximum atomic E-state index is 12.3. The van der Waals surface area contributed by atoms with Crippen LogP contribution in [0, 0.1) is 3.57 Å². The Morgan fingerprint density at radius 3 is 2.62 bits per heavy atom. The maximum absolute atomic E-state index is 12.3. The number of hydrogen-bond acceptors (Lipinski definition) is 4. The predicted octanol–water partition coefficient (Wildman–Crippen LogP) is 5.94. The van der Waals surface area contributed by atoms with Gasteiger partial charge in [-0.1, -0.05) is 30.3 Å². The number of carbonyl (C=O) groups excluding carboxylic acids is 1. The van der Waals surface area contributed by atoms with Crippen molar-refractivity contribution in [2.45, 2.75) is 25.7 Å². The SMILES string of the molecule is CCN1/C(=C\C=N\NC(=O)c2ccccc2)C(C)(Cc2cccc(I)c2)c2cc(OC)ccc21. The van der Waals surface area contributed by atoms with Crippen molar-refractivity contribution in [2.24, 2.45) is 5.10 Å². The number of likely N-dealkylation sites (N-methyl/N-ethyl adjacent to an activating group) is 1. The molecular formula is C28H28IN3O2. The van der Waals surface area contributed by atoms with Crippen molar-refractivity contribution in [3.8, 4) is 5.75 Å². The van der Waals surface area contributed by atoms with Gasteiger partial charge in [0.1, 0.15) is 5.75 Å². The first-order valence-electron chi connectivity index (χ1n) is 11.3. The molecule has 174 valence electrons. The summed E-state index contributed by atoms with van der Waals surface area (Å²) in [6.45, 7) is 5.23. The van der Waals surface area contributed by atoms with Crippen LogP contribution in [0.5, 0.6) is 5.75 Å². The molecule has 1 heterocycles. The molecule has 1 aliphatic rings. The molecule has 1 amide bonds. The van der Waals surface area contributed by atoms with Gasteiger partial charge < -0.3 is 9.64 Å². The Bertz CT molecular complexity index is 1240. The smallest absolute Gasteiger partial charge is 0.271 e. The topological polar surface area (TPSA) is 53.9 Å². The number of halogens is 1. The third-order valence-electron chi connectivity index (χ3n) is 6.22. The van der Waals surface area contributed by atoms with Gasteiger partial charge in [-0.25, -0.2) is 5.43 Å².